The van der Waals surface area contributed by atoms with Crippen molar-refractivity contribution in [3.05, 3.63) is 59.4 Å². The van der Waals surface area contributed by atoms with Crippen LogP contribution in [-0.4, -0.2) is 38.0 Å². The van der Waals surface area contributed by atoms with Crippen LogP contribution >= 0.6 is 23.1 Å². The van der Waals surface area contributed by atoms with Gasteiger partial charge in [-0.3, -0.25) is 4.79 Å². The fourth-order valence-corrected chi connectivity index (χ4v) is 4.54. The number of benzene rings is 2. The third-order valence-corrected chi connectivity index (χ3v) is 6.40. The summed E-state index contributed by atoms with van der Waals surface area (Å²) >= 11 is 2.91. The van der Waals surface area contributed by atoms with Crippen molar-refractivity contribution in [2.24, 2.45) is 7.05 Å². The molecule has 1 amide bonds. The van der Waals surface area contributed by atoms with Crippen molar-refractivity contribution >= 4 is 39.2 Å². The summed E-state index contributed by atoms with van der Waals surface area (Å²) in [6, 6.07) is 14.4. The van der Waals surface area contributed by atoms with Gasteiger partial charge in [-0.1, -0.05) is 36.0 Å². The van der Waals surface area contributed by atoms with E-state index in [2.05, 4.69) is 20.5 Å². The highest BCUT2D eigenvalue weighted by molar-refractivity contribution is 7.99. The molecule has 0 aliphatic carbocycles. The highest BCUT2D eigenvalue weighted by atomic mass is 32.2. The van der Waals surface area contributed by atoms with E-state index in [-0.39, 0.29) is 17.5 Å². The Balaban J connectivity index is 1.29. The van der Waals surface area contributed by atoms with Crippen LogP contribution in [0.1, 0.15) is 5.01 Å². The lowest BCUT2D eigenvalue weighted by molar-refractivity contribution is -0.118. The molecule has 2 aromatic heterocycles. The fraction of sp³-hybridized carbons (Fsp3) is 0.200. The molecule has 1 N–H and O–H groups in total. The number of aromatic nitrogens is 4. The Morgan fingerprint density at radius 2 is 1.97 bits per heavy atom. The number of amides is 1. The Bertz CT molecular complexity index is 1120. The van der Waals surface area contributed by atoms with E-state index in [1.807, 2.05) is 24.3 Å². The molecule has 0 unspecified atom stereocenters. The van der Waals surface area contributed by atoms with Gasteiger partial charge in [0.1, 0.15) is 5.82 Å². The van der Waals surface area contributed by atoms with E-state index < -0.39 is 0 Å². The number of fused-ring (bicyclic) bond motifs is 1. The van der Waals surface area contributed by atoms with Crippen LogP contribution in [0.4, 0.5) is 4.39 Å². The molecule has 6 nitrogen and oxygen atoms in total. The average Bonchev–Trinajstić information content (AvgIpc) is 3.30. The topological polar surface area (TPSA) is 72.7 Å². The summed E-state index contributed by atoms with van der Waals surface area (Å²) in [6.45, 7) is 0.526. The molecule has 29 heavy (non-hydrogen) atoms. The van der Waals surface area contributed by atoms with E-state index >= 15 is 0 Å². The first-order valence-electron chi connectivity index (χ1n) is 9.00. The van der Waals surface area contributed by atoms with Gasteiger partial charge in [0.2, 0.25) is 5.91 Å². The predicted octanol–water partition coefficient (Wildman–Crippen LogP) is 3.68. The van der Waals surface area contributed by atoms with Crippen LogP contribution in [0, 0.1) is 5.82 Å². The van der Waals surface area contributed by atoms with Gasteiger partial charge in [0, 0.05) is 20.0 Å². The van der Waals surface area contributed by atoms with E-state index in [9.17, 15) is 9.18 Å². The molecule has 0 spiro atoms. The summed E-state index contributed by atoms with van der Waals surface area (Å²) in [6.07, 6.45) is 0.692. The number of nitrogens with zero attached hydrogens (tertiary/aromatic N) is 4. The number of para-hydroxylation sites is 1. The lowest BCUT2D eigenvalue weighted by Crippen LogP contribution is -2.27. The number of hydrogen-bond acceptors (Lipinski definition) is 6. The van der Waals surface area contributed by atoms with E-state index in [4.69, 9.17) is 0 Å². The van der Waals surface area contributed by atoms with Crippen molar-refractivity contribution in [2.45, 2.75) is 11.6 Å². The minimum absolute atomic E-state index is 0.0912. The maximum Gasteiger partial charge on any atom is 0.230 e. The van der Waals surface area contributed by atoms with E-state index in [0.29, 0.717) is 29.5 Å². The van der Waals surface area contributed by atoms with Crippen LogP contribution in [0.5, 0.6) is 0 Å². The Morgan fingerprint density at radius 3 is 2.79 bits per heavy atom. The third kappa shape index (κ3) is 4.46. The van der Waals surface area contributed by atoms with Crippen molar-refractivity contribution in [2.75, 3.05) is 12.3 Å². The van der Waals surface area contributed by atoms with Crippen LogP contribution in [0.2, 0.25) is 0 Å². The summed E-state index contributed by atoms with van der Waals surface area (Å²) in [5, 5.41) is 12.6. The van der Waals surface area contributed by atoms with Crippen molar-refractivity contribution in [3.8, 4) is 11.4 Å². The number of nitrogens with one attached hydrogen (secondary N) is 1. The largest absolute Gasteiger partial charge is 0.355 e. The molecule has 4 rings (SSSR count). The molecule has 0 bridgehead atoms. The van der Waals surface area contributed by atoms with Gasteiger partial charge in [-0.2, -0.15) is 0 Å². The summed E-state index contributed by atoms with van der Waals surface area (Å²) in [7, 11) is 1.76. The predicted molar refractivity (Wildman–Crippen MR) is 113 cm³/mol. The Morgan fingerprint density at radius 1 is 1.17 bits per heavy atom. The van der Waals surface area contributed by atoms with Gasteiger partial charge in [-0.05, 0) is 24.3 Å². The van der Waals surface area contributed by atoms with Crippen LogP contribution in [0.25, 0.3) is 21.6 Å². The molecule has 0 saturated carbocycles. The Labute approximate surface area is 175 Å². The zero-order valence-corrected chi connectivity index (χ0v) is 17.3. The van der Waals surface area contributed by atoms with Crippen molar-refractivity contribution in [1.82, 2.24) is 25.1 Å². The molecule has 0 saturated heterocycles. The summed E-state index contributed by atoms with van der Waals surface area (Å²) in [4.78, 5) is 16.7. The second-order valence-corrected chi connectivity index (χ2v) is 8.37. The normalized spacial score (nSPS) is 11.1. The van der Waals surface area contributed by atoms with Crippen LogP contribution in [-0.2, 0) is 18.3 Å². The van der Waals surface area contributed by atoms with E-state index in [1.165, 1.54) is 17.8 Å². The lowest BCUT2D eigenvalue weighted by atomic mass is 10.2. The van der Waals surface area contributed by atoms with Gasteiger partial charge in [0.25, 0.3) is 0 Å². The molecule has 0 fully saturated rings. The number of rotatable bonds is 7. The van der Waals surface area contributed by atoms with Crippen LogP contribution < -0.4 is 5.32 Å². The molecule has 4 aromatic rings. The number of thioether (sulfide) groups is 1. The molecule has 2 heterocycles. The highest BCUT2D eigenvalue weighted by Crippen LogP contribution is 2.24. The maximum absolute atomic E-state index is 14.0. The number of hydrogen-bond donors (Lipinski definition) is 1. The molecular weight excluding hydrogens is 409 g/mol. The molecule has 0 atom stereocenters. The summed E-state index contributed by atoms with van der Waals surface area (Å²) in [5.74, 6) is 0.198. The van der Waals surface area contributed by atoms with Crippen molar-refractivity contribution in [3.63, 3.8) is 0 Å². The minimum Gasteiger partial charge on any atom is -0.355 e. The monoisotopic (exact) mass is 427 g/mol. The summed E-state index contributed by atoms with van der Waals surface area (Å²) in [5.41, 5.74) is 1.37. The first-order chi connectivity index (χ1) is 14.1. The van der Waals surface area contributed by atoms with Crippen LogP contribution in [0.3, 0.4) is 0 Å². The Hall–Kier alpha value is -2.78. The number of halogens is 1. The van der Waals surface area contributed by atoms with Crippen molar-refractivity contribution in [1.29, 1.82) is 0 Å². The molecule has 0 aliphatic heterocycles. The quantitative estimate of drug-likeness (QED) is 0.456. The zero-order chi connectivity index (χ0) is 20.2. The molecule has 0 aliphatic rings. The van der Waals surface area contributed by atoms with Gasteiger partial charge in [-0.25, -0.2) is 9.37 Å². The standard InChI is InChI=1S/C20H18FN5OS2/c1-26-19(13-6-2-3-7-14(13)21)24-25-20(26)28-12-17(27)22-11-10-18-23-15-8-4-5-9-16(15)29-18/h2-9H,10-12H2,1H3,(H,22,27). The molecule has 9 heteroatoms. The lowest BCUT2D eigenvalue weighted by Gasteiger charge is -2.05. The van der Waals surface area contributed by atoms with Gasteiger partial charge in [0.05, 0.1) is 26.5 Å². The molecule has 2 aromatic carbocycles. The first kappa shape index (κ1) is 19.5. The minimum atomic E-state index is -0.354. The molecular formula is C20H18FN5OS2. The van der Waals surface area contributed by atoms with Crippen LogP contribution in [0.15, 0.2) is 53.7 Å². The second kappa shape index (κ2) is 8.71. The maximum atomic E-state index is 14.0. The fourth-order valence-electron chi connectivity index (χ4n) is 2.83. The SMILES string of the molecule is Cn1c(SCC(=O)NCCc2nc3ccccc3s2)nnc1-c1ccccc1F. The zero-order valence-electron chi connectivity index (χ0n) is 15.6. The van der Waals surface area contributed by atoms with Gasteiger partial charge in [-0.15, -0.1) is 21.5 Å². The average molecular weight is 428 g/mol. The highest BCUT2D eigenvalue weighted by Gasteiger charge is 2.15. The molecule has 148 valence electrons. The second-order valence-electron chi connectivity index (χ2n) is 6.31. The smallest absolute Gasteiger partial charge is 0.230 e. The third-order valence-electron chi connectivity index (χ3n) is 4.28. The summed E-state index contributed by atoms with van der Waals surface area (Å²) < 4.78 is 16.8. The van der Waals surface area contributed by atoms with Gasteiger partial charge in [0.15, 0.2) is 11.0 Å². The first-order valence-corrected chi connectivity index (χ1v) is 10.8. The number of carbonyl (C=O) groups is 1. The van der Waals surface area contributed by atoms with Gasteiger partial charge < -0.3 is 9.88 Å². The Kier molecular flexibility index (Phi) is 5.86. The van der Waals surface area contributed by atoms with E-state index in [1.54, 1.807) is 41.2 Å². The number of thiazole rings is 1. The van der Waals surface area contributed by atoms with Gasteiger partial charge >= 0.3 is 0 Å². The van der Waals surface area contributed by atoms with E-state index in [0.717, 1.165) is 15.2 Å². The van der Waals surface area contributed by atoms with Crippen molar-refractivity contribution < 1.29 is 9.18 Å². The number of carbonyl (C=O) groups excluding carboxylic acids is 1. The molecule has 0 radical (unpaired) electrons.